The number of nitrogens with zero attached hydrogens (tertiary/aromatic N) is 3. The van der Waals surface area contributed by atoms with Crippen LogP contribution in [-0.2, 0) is 13.1 Å². The van der Waals surface area contributed by atoms with Gasteiger partial charge in [0, 0.05) is 13.1 Å². The predicted octanol–water partition coefficient (Wildman–Crippen LogP) is 5.64. The van der Waals surface area contributed by atoms with Gasteiger partial charge < -0.3 is 4.98 Å². The molecule has 0 fully saturated rings. The van der Waals surface area contributed by atoms with Gasteiger partial charge in [-0.3, -0.25) is 9.48 Å². The first-order valence-electron chi connectivity index (χ1n) is 8.83. The summed E-state index contributed by atoms with van der Waals surface area (Å²) in [5, 5.41) is -0.714. The molecule has 0 bridgehead atoms. The molecule has 0 spiro atoms. The summed E-state index contributed by atoms with van der Waals surface area (Å²) in [6, 6.07) is 0.664. The molecule has 1 N–H and O–H groups in total. The van der Waals surface area contributed by atoms with Gasteiger partial charge in [0.05, 0.1) is 21.7 Å². The van der Waals surface area contributed by atoms with Gasteiger partial charge in [-0.1, -0.05) is 23.2 Å². The van der Waals surface area contributed by atoms with Crippen molar-refractivity contribution in [2.24, 2.45) is 0 Å². The van der Waals surface area contributed by atoms with E-state index in [0.29, 0.717) is 25.5 Å². The number of hydrogen-bond donors (Lipinski definition) is 1. The Morgan fingerprint density at radius 2 is 1.58 bits per heavy atom. The minimum atomic E-state index is -5.73. The van der Waals surface area contributed by atoms with Crippen molar-refractivity contribution in [2.45, 2.75) is 44.2 Å². The molecular formula is C17H11Cl2F7N4O. The fourth-order valence-corrected chi connectivity index (χ4v) is 4.31. The van der Waals surface area contributed by atoms with E-state index in [1.54, 1.807) is 0 Å². The van der Waals surface area contributed by atoms with Crippen LogP contribution in [0.1, 0.15) is 24.6 Å². The molecule has 0 aliphatic carbocycles. The van der Waals surface area contributed by atoms with Crippen LogP contribution in [0.5, 0.6) is 0 Å². The monoisotopic (exact) mass is 490 g/mol. The van der Waals surface area contributed by atoms with E-state index < -0.39 is 62.7 Å². The number of hydrogen-bond acceptors (Lipinski definition) is 2. The lowest BCUT2D eigenvalue weighted by molar-refractivity contribution is -0.255. The van der Waals surface area contributed by atoms with Gasteiger partial charge in [0.15, 0.2) is 0 Å². The summed E-state index contributed by atoms with van der Waals surface area (Å²) in [5.41, 5.74) is -2.84. The summed E-state index contributed by atoms with van der Waals surface area (Å²) in [6.45, 7) is 0.611. The van der Waals surface area contributed by atoms with Crippen LogP contribution >= 0.6 is 23.2 Å². The fraction of sp³-hybridized carbons (Fsp3) is 0.412. The van der Waals surface area contributed by atoms with Crippen molar-refractivity contribution in [2.75, 3.05) is 0 Å². The second kappa shape index (κ2) is 7.16. The van der Waals surface area contributed by atoms with Gasteiger partial charge in [-0.25, -0.2) is 14.1 Å². The van der Waals surface area contributed by atoms with Crippen molar-refractivity contribution < 1.29 is 30.7 Å². The molecule has 5 nitrogen and oxygen atoms in total. The van der Waals surface area contributed by atoms with Crippen molar-refractivity contribution in [3.63, 3.8) is 0 Å². The van der Waals surface area contributed by atoms with Crippen molar-refractivity contribution in [1.82, 2.24) is 19.3 Å². The molecule has 3 aromatic rings. The van der Waals surface area contributed by atoms with Crippen LogP contribution in [0.2, 0.25) is 10.2 Å². The van der Waals surface area contributed by atoms with Gasteiger partial charge in [-0.05, 0) is 18.9 Å². The quantitative estimate of drug-likeness (QED) is 0.472. The first-order chi connectivity index (χ1) is 14.3. The molecule has 4 rings (SSSR count). The molecule has 1 aliphatic rings. The first kappa shape index (κ1) is 22.0. The zero-order chi connectivity index (χ0) is 22.9. The van der Waals surface area contributed by atoms with Gasteiger partial charge in [-0.15, -0.1) is 0 Å². The second-order valence-electron chi connectivity index (χ2n) is 7.00. The fourth-order valence-electron chi connectivity index (χ4n) is 3.73. The standard InChI is InChI=1S/C17H11Cl2F7N4O/c18-6-5-7(20)8(9-13(19)29-3-1-2-4-30(29)15(9)31)11-10(6)27-14(28-11)12(16(21,22)23)17(24,25)26/h5,12H,1-4H2,(H,27,28). The lowest BCUT2D eigenvalue weighted by Crippen LogP contribution is -2.34. The van der Waals surface area contributed by atoms with E-state index >= 15 is 0 Å². The minimum absolute atomic E-state index is 0.188. The highest BCUT2D eigenvalue weighted by atomic mass is 35.5. The van der Waals surface area contributed by atoms with Gasteiger partial charge in [0.1, 0.15) is 22.3 Å². The van der Waals surface area contributed by atoms with Crippen LogP contribution in [0.3, 0.4) is 0 Å². The molecule has 0 saturated heterocycles. The van der Waals surface area contributed by atoms with Crippen LogP contribution in [0.4, 0.5) is 30.7 Å². The van der Waals surface area contributed by atoms with Gasteiger partial charge >= 0.3 is 12.4 Å². The van der Waals surface area contributed by atoms with E-state index in [9.17, 15) is 35.5 Å². The number of halogens is 9. The highest BCUT2D eigenvalue weighted by molar-refractivity contribution is 6.36. The molecule has 3 heterocycles. The zero-order valence-electron chi connectivity index (χ0n) is 15.1. The lowest BCUT2D eigenvalue weighted by Gasteiger charge is -2.20. The average molecular weight is 491 g/mol. The molecule has 1 aromatic carbocycles. The molecule has 0 unspecified atom stereocenters. The van der Waals surface area contributed by atoms with Gasteiger partial charge in [0.2, 0.25) is 5.92 Å². The number of H-pyrrole nitrogens is 1. The maximum atomic E-state index is 14.9. The summed E-state index contributed by atoms with van der Waals surface area (Å²) < 4.78 is 96.4. The molecule has 0 amide bonds. The molecular weight excluding hydrogens is 480 g/mol. The van der Waals surface area contributed by atoms with Crippen molar-refractivity contribution in [3.8, 4) is 11.1 Å². The molecule has 31 heavy (non-hydrogen) atoms. The SMILES string of the molecule is O=c1c(-c2c(F)cc(Cl)c3nc(C(C(F)(F)F)C(F)(F)F)[nH]c23)c(Cl)n2n1CCCC2. The second-order valence-corrected chi connectivity index (χ2v) is 7.77. The minimum Gasteiger partial charge on any atom is -0.341 e. The number of fused-ring (bicyclic) bond motifs is 2. The van der Waals surface area contributed by atoms with E-state index in [2.05, 4.69) is 4.98 Å². The van der Waals surface area contributed by atoms with E-state index in [0.717, 1.165) is 0 Å². The summed E-state index contributed by atoms with van der Waals surface area (Å²) in [7, 11) is 0. The third-order valence-electron chi connectivity index (χ3n) is 5.03. The normalized spacial score (nSPS) is 15.2. The molecule has 2 aromatic heterocycles. The maximum Gasteiger partial charge on any atom is 0.407 e. The lowest BCUT2D eigenvalue weighted by atomic mass is 10.1. The predicted molar refractivity (Wildman–Crippen MR) is 97.8 cm³/mol. The van der Waals surface area contributed by atoms with Crippen LogP contribution in [0, 0.1) is 5.82 Å². The van der Waals surface area contributed by atoms with Crippen molar-refractivity contribution in [1.29, 1.82) is 0 Å². The Labute approximate surface area is 178 Å². The van der Waals surface area contributed by atoms with Gasteiger partial charge in [0.25, 0.3) is 5.56 Å². The molecule has 0 atom stereocenters. The highest BCUT2D eigenvalue weighted by Crippen LogP contribution is 2.47. The Morgan fingerprint density at radius 1 is 1.00 bits per heavy atom. The summed E-state index contributed by atoms with van der Waals surface area (Å²) in [5.74, 6) is -6.63. The highest BCUT2D eigenvalue weighted by Gasteiger charge is 2.59. The summed E-state index contributed by atoms with van der Waals surface area (Å²) in [4.78, 5) is 18.1. The maximum absolute atomic E-state index is 14.9. The van der Waals surface area contributed by atoms with E-state index in [4.69, 9.17) is 23.2 Å². The van der Waals surface area contributed by atoms with E-state index in [1.807, 2.05) is 4.98 Å². The average Bonchev–Trinajstić information content (AvgIpc) is 3.15. The van der Waals surface area contributed by atoms with E-state index in [-0.39, 0.29) is 11.7 Å². The topological polar surface area (TPSA) is 55.6 Å². The smallest absolute Gasteiger partial charge is 0.341 e. The van der Waals surface area contributed by atoms with Crippen LogP contribution in [0.25, 0.3) is 22.2 Å². The van der Waals surface area contributed by atoms with Crippen LogP contribution in [-0.4, -0.2) is 31.7 Å². The number of alkyl halides is 6. The Morgan fingerprint density at radius 3 is 2.13 bits per heavy atom. The Balaban J connectivity index is 2.04. The van der Waals surface area contributed by atoms with Gasteiger partial charge in [-0.2, -0.15) is 26.3 Å². The van der Waals surface area contributed by atoms with Crippen LogP contribution in [0.15, 0.2) is 10.9 Å². The van der Waals surface area contributed by atoms with E-state index in [1.165, 1.54) is 9.36 Å². The molecule has 1 aliphatic heterocycles. The number of nitrogens with one attached hydrogen (secondary N) is 1. The molecule has 0 radical (unpaired) electrons. The Hall–Kier alpha value is -2.21. The molecule has 14 heteroatoms. The summed E-state index contributed by atoms with van der Waals surface area (Å²) in [6.07, 6.45) is -10.1. The molecule has 168 valence electrons. The zero-order valence-corrected chi connectivity index (χ0v) is 16.6. The number of aromatic nitrogens is 4. The number of benzene rings is 1. The third-order valence-corrected chi connectivity index (χ3v) is 5.70. The molecule has 0 saturated carbocycles. The number of rotatable bonds is 2. The summed E-state index contributed by atoms with van der Waals surface area (Å²) >= 11 is 12.1. The van der Waals surface area contributed by atoms with Crippen molar-refractivity contribution >= 4 is 34.2 Å². The Bertz CT molecular complexity index is 1220. The Kier molecular flexibility index (Phi) is 5.08. The van der Waals surface area contributed by atoms with Crippen LogP contribution < -0.4 is 5.56 Å². The number of aromatic amines is 1. The first-order valence-corrected chi connectivity index (χ1v) is 9.58. The number of imidazole rings is 1. The largest absolute Gasteiger partial charge is 0.407 e. The third kappa shape index (κ3) is 3.49. The van der Waals surface area contributed by atoms with Crippen molar-refractivity contribution in [3.05, 3.63) is 38.2 Å².